The highest BCUT2D eigenvalue weighted by Crippen LogP contribution is 2.35. The molecule has 0 spiro atoms. The number of carbonyl (C=O) groups is 1. The number of rotatable bonds is 6. The maximum absolute atomic E-state index is 12.4. The van der Waals surface area contributed by atoms with Crippen molar-refractivity contribution in [3.05, 3.63) is 65.2 Å². The summed E-state index contributed by atoms with van der Waals surface area (Å²) < 4.78 is 17.3. The summed E-state index contributed by atoms with van der Waals surface area (Å²) in [4.78, 5) is 29.0. The fourth-order valence-corrected chi connectivity index (χ4v) is 2.91. The molecule has 0 saturated carbocycles. The molecule has 0 aliphatic carbocycles. The van der Waals surface area contributed by atoms with Gasteiger partial charge in [0.1, 0.15) is 12.3 Å². The third-order valence-corrected chi connectivity index (χ3v) is 4.31. The molecule has 0 unspecified atom stereocenters. The Morgan fingerprint density at radius 2 is 1.93 bits per heavy atom. The van der Waals surface area contributed by atoms with Gasteiger partial charge in [0.05, 0.1) is 18.6 Å². The number of ether oxygens (including phenoxy) is 3. The third-order valence-electron chi connectivity index (χ3n) is 4.31. The molecule has 1 aliphatic rings. The van der Waals surface area contributed by atoms with Crippen LogP contribution < -0.4 is 25.1 Å². The van der Waals surface area contributed by atoms with Gasteiger partial charge >= 0.3 is 0 Å². The number of nitrogens with one attached hydrogen (secondary N) is 1. The van der Waals surface area contributed by atoms with Gasteiger partial charge in [-0.1, -0.05) is 0 Å². The molecule has 0 saturated heterocycles. The number of benzene rings is 2. The standard InChI is InChI=1S/C21H19N3O5/c1-2-27-16-6-4-15(5-7-16)23-20(25)11-24-12-22-17(10-21(24)26)14-3-8-18-19(9-14)29-13-28-18/h3-10,12H,2,11,13H2,1H3,(H,23,25). The number of fused-ring (bicyclic) bond motifs is 1. The molecule has 8 nitrogen and oxygen atoms in total. The average Bonchev–Trinajstić information content (AvgIpc) is 3.19. The summed E-state index contributed by atoms with van der Waals surface area (Å²) in [5, 5.41) is 2.75. The summed E-state index contributed by atoms with van der Waals surface area (Å²) in [6.45, 7) is 2.51. The van der Waals surface area contributed by atoms with Crippen LogP contribution in [0.5, 0.6) is 17.2 Å². The minimum absolute atomic E-state index is 0.138. The topological polar surface area (TPSA) is 91.7 Å². The molecule has 148 valence electrons. The first-order valence-electron chi connectivity index (χ1n) is 9.11. The Morgan fingerprint density at radius 1 is 1.14 bits per heavy atom. The maximum atomic E-state index is 12.4. The molecule has 4 rings (SSSR count). The molecule has 1 aliphatic heterocycles. The summed E-state index contributed by atoms with van der Waals surface area (Å²) in [7, 11) is 0. The van der Waals surface area contributed by atoms with Crippen molar-refractivity contribution in [2.45, 2.75) is 13.5 Å². The van der Waals surface area contributed by atoms with Crippen molar-refractivity contribution in [2.24, 2.45) is 0 Å². The van der Waals surface area contributed by atoms with E-state index in [-0.39, 0.29) is 24.8 Å². The van der Waals surface area contributed by atoms with Crippen LogP contribution in [-0.4, -0.2) is 28.9 Å². The lowest BCUT2D eigenvalue weighted by Gasteiger charge is -2.09. The third kappa shape index (κ3) is 4.21. The summed E-state index contributed by atoms with van der Waals surface area (Å²) in [5.74, 6) is 1.68. The van der Waals surface area contributed by atoms with Gasteiger partial charge in [-0.25, -0.2) is 4.98 Å². The van der Waals surface area contributed by atoms with E-state index in [2.05, 4.69) is 10.3 Å². The fourth-order valence-electron chi connectivity index (χ4n) is 2.91. The van der Waals surface area contributed by atoms with Crippen LogP contribution in [0.3, 0.4) is 0 Å². The Labute approximate surface area is 166 Å². The van der Waals surface area contributed by atoms with Crippen molar-refractivity contribution >= 4 is 11.6 Å². The summed E-state index contributed by atoms with van der Waals surface area (Å²) >= 11 is 0. The lowest BCUT2D eigenvalue weighted by Crippen LogP contribution is -2.27. The Hall–Kier alpha value is -3.81. The minimum atomic E-state index is -0.325. The van der Waals surface area contributed by atoms with Crippen molar-refractivity contribution < 1.29 is 19.0 Å². The van der Waals surface area contributed by atoms with Crippen LogP contribution in [0.4, 0.5) is 5.69 Å². The van der Waals surface area contributed by atoms with Crippen LogP contribution in [0.15, 0.2) is 59.7 Å². The van der Waals surface area contributed by atoms with E-state index in [9.17, 15) is 9.59 Å². The molecular weight excluding hydrogens is 374 g/mol. The van der Waals surface area contributed by atoms with Gasteiger partial charge in [-0.15, -0.1) is 0 Å². The van der Waals surface area contributed by atoms with E-state index in [1.807, 2.05) is 6.92 Å². The van der Waals surface area contributed by atoms with Crippen molar-refractivity contribution in [3.8, 4) is 28.5 Å². The molecule has 2 aromatic carbocycles. The maximum Gasteiger partial charge on any atom is 0.254 e. The van der Waals surface area contributed by atoms with E-state index in [1.165, 1.54) is 17.0 Å². The van der Waals surface area contributed by atoms with Crippen LogP contribution in [-0.2, 0) is 11.3 Å². The van der Waals surface area contributed by atoms with Crippen LogP contribution >= 0.6 is 0 Å². The quantitative estimate of drug-likeness (QED) is 0.692. The molecule has 0 bridgehead atoms. The van der Waals surface area contributed by atoms with Gasteiger partial charge in [0.25, 0.3) is 5.56 Å². The molecular formula is C21H19N3O5. The second-order valence-corrected chi connectivity index (χ2v) is 6.31. The predicted octanol–water partition coefficient (Wildman–Crippen LogP) is 2.68. The van der Waals surface area contributed by atoms with E-state index >= 15 is 0 Å². The van der Waals surface area contributed by atoms with Gasteiger partial charge in [0.15, 0.2) is 11.5 Å². The number of anilines is 1. The molecule has 1 N–H and O–H groups in total. The molecule has 29 heavy (non-hydrogen) atoms. The molecule has 0 atom stereocenters. The molecule has 1 aromatic heterocycles. The SMILES string of the molecule is CCOc1ccc(NC(=O)Cn2cnc(-c3ccc4c(c3)OCO4)cc2=O)cc1. The Balaban J connectivity index is 1.44. The largest absolute Gasteiger partial charge is 0.494 e. The van der Waals surface area contributed by atoms with Crippen molar-refractivity contribution in [2.75, 3.05) is 18.7 Å². The zero-order chi connectivity index (χ0) is 20.2. The molecule has 1 amide bonds. The lowest BCUT2D eigenvalue weighted by molar-refractivity contribution is -0.116. The second kappa shape index (κ2) is 8.05. The molecule has 0 fully saturated rings. The molecule has 0 radical (unpaired) electrons. The smallest absolute Gasteiger partial charge is 0.254 e. The first-order valence-corrected chi connectivity index (χ1v) is 9.11. The highest BCUT2D eigenvalue weighted by molar-refractivity contribution is 5.90. The Bertz CT molecular complexity index is 1090. The predicted molar refractivity (Wildman–Crippen MR) is 106 cm³/mol. The highest BCUT2D eigenvalue weighted by atomic mass is 16.7. The van der Waals surface area contributed by atoms with Gasteiger partial charge in [-0.3, -0.25) is 14.2 Å². The van der Waals surface area contributed by atoms with Crippen LogP contribution in [0.2, 0.25) is 0 Å². The summed E-state index contributed by atoms with van der Waals surface area (Å²) in [5.41, 5.74) is 1.53. The van der Waals surface area contributed by atoms with Crippen molar-refractivity contribution in [1.82, 2.24) is 9.55 Å². The van der Waals surface area contributed by atoms with E-state index in [0.29, 0.717) is 29.5 Å². The first-order chi connectivity index (χ1) is 14.1. The van der Waals surface area contributed by atoms with Gasteiger partial charge in [0, 0.05) is 17.3 Å². The first kappa shape index (κ1) is 18.5. The van der Waals surface area contributed by atoms with E-state index in [4.69, 9.17) is 14.2 Å². The highest BCUT2D eigenvalue weighted by Gasteiger charge is 2.15. The van der Waals surface area contributed by atoms with Crippen LogP contribution in [0.25, 0.3) is 11.3 Å². The van der Waals surface area contributed by atoms with E-state index in [1.54, 1.807) is 42.5 Å². The monoisotopic (exact) mass is 393 g/mol. The minimum Gasteiger partial charge on any atom is -0.494 e. The number of hydrogen-bond acceptors (Lipinski definition) is 6. The number of amides is 1. The normalized spacial score (nSPS) is 11.9. The number of nitrogens with zero attached hydrogens (tertiary/aromatic N) is 2. The molecule has 2 heterocycles. The number of aromatic nitrogens is 2. The van der Waals surface area contributed by atoms with Crippen LogP contribution in [0.1, 0.15) is 6.92 Å². The van der Waals surface area contributed by atoms with E-state index in [0.717, 1.165) is 11.3 Å². The van der Waals surface area contributed by atoms with Crippen molar-refractivity contribution in [1.29, 1.82) is 0 Å². The number of hydrogen-bond donors (Lipinski definition) is 1. The second-order valence-electron chi connectivity index (χ2n) is 6.31. The molecule has 8 heteroatoms. The zero-order valence-electron chi connectivity index (χ0n) is 15.8. The molecule has 3 aromatic rings. The number of carbonyl (C=O) groups excluding carboxylic acids is 1. The van der Waals surface area contributed by atoms with Crippen molar-refractivity contribution in [3.63, 3.8) is 0 Å². The van der Waals surface area contributed by atoms with Gasteiger partial charge < -0.3 is 19.5 Å². The Morgan fingerprint density at radius 3 is 2.69 bits per heavy atom. The fraction of sp³-hybridized carbons (Fsp3) is 0.190. The van der Waals surface area contributed by atoms with Gasteiger partial charge in [-0.05, 0) is 49.4 Å². The van der Waals surface area contributed by atoms with Gasteiger partial charge in [0.2, 0.25) is 12.7 Å². The van der Waals surface area contributed by atoms with Crippen LogP contribution in [0, 0.1) is 0 Å². The lowest BCUT2D eigenvalue weighted by atomic mass is 10.1. The zero-order valence-corrected chi connectivity index (χ0v) is 15.8. The summed E-state index contributed by atoms with van der Waals surface area (Å²) in [6.07, 6.45) is 1.36. The summed E-state index contributed by atoms with van der Waals surface area (Å²) in [6, 6.07) is 13.8. The Kier molecular flexibility index (Phi) is 5.15. The van der Waals surface area contributed by atoms with Gasteiger partial charge in [-0.2, -0.15) is 0 Å². The van der Waals surface area contributed by atoms with E-state index < -0.39 is 0 Å². The average molecular weight is 393 g/mol.